The third kappa shape index (κ3) is 3.96. The molecule has 1 saturated heterocycles. The standard InChI is InChI=1S/C10H22N4O2/c1-15-8-5-12-10(13-11)14-6-3-9(16-2)4-7-14/h9H,3-8,11H2,1-2H3,(H,12,13). The Morgan fingerprint density at radius 2 is 2.12 bits per heavy atom. The minimum Gasteiger partial charge on any atom is -0.383 e. The molecule has 1 rings (SSSR count). The second-order valence-electron chi connectivity index (χ2n) is 3.76. The Morgan fingerprint density at radius 1 is 1.44 bits per heavy atom. The summed E-state index contributed by atoms with van der Waals surface area (Å²) < 4.78 is 10.3. The molecule has 1 aliphatic heterocycles. The molecule has 0 saturated carbocycles. The third-order valence-electron chi connectivity index (χ3n) is 2.76. The number of hydrogen-bond acceptors (Lipinski definition) is 4. The molecule has 0 spiro atoms. The van der Waals surface area contributed by atoms with Gasteiger partial charge in [-0.1, -0.05) is 0 Å². The predicted octanol–water partition coefficient (Wildman–Crippen LogP) is -0.437. The van der Waals surface area contributed by atoms with Crippen LogP contribution in [0.25, 0.3) is 0 Å². The van der Waals surface area contributed by atoms with Crippen LogP contribution in [0.3, 0.4) is 0 Å². The number of methoxy groups -OCH3 is 2. The number of guanidine groups is 1. The Labute approximate surface area is 96.8 Å². The van der Waals surface area contributed by atoms with Crippen molar-refractivity contribution < 1.29 is 9.47 Å². The van der Waals surface area contributed by atoms with Crippen molar-refractivity contribution in [3.63, 3.8) is 0 Å². The van der Waals surface area contributed by atoms with E-state index in [4.69, 9.17) is 15.3 Å². The Kier molecular flexibility index (Phi) is 6.14. The topological polar surface area (TPSA) is 72.1 Å². The molecule has 16 heavy (non-hydrogen) atoms. The summed E-state index contributed by atoms with van der Waals surface area (Å²) in [6.07, 6.45) is 2.40. The number of ether oxygens (including phenoxy) is 2. The molecule has 6 nitrogen and oxygen atoms in total. The maximum absolute atomic E-state index is 5.46. The first-order valence-electron chi connectivity index (χ1n) is 5.59. The van der Waals surface area contributed by atoms with Crippen LogP contribution >= 0.6 is 0 Å². The quantitative estimate of drug-likeness (QED) is 0.225. The van der Waals surface area contributed by atoms with Crippen LogP contribution in [0.15, 0.2) is 4.99 Å². The van der Waals surface area contributed by atoms with Crippen LogP contribution in [0.2, 0.25) is 0 Å². The van der Waals surface area contributed by atoms with Gasteiger partial charge < -0.3 is 14.4 Å². The summed E-state index contributed by atoms with van der Waals surface area (Å²) in [5.41, 5.74) is 2.64. The van der Waals surface area contributed by atoms with Gasteiger partial charge in [-0.3, -0.25) is 5.43 Å². The Hall–Kier alpha value is -0.850. The highest BCUT2D eigenvalue weighted by atomic mass is 16.5. The van der Waals surface area contributed by atoms with E-state index in [0.29, 0.717) is 19.3 Å². The van der Waals surface area contributed by atoms with Crippen molar-refractivity contribution in [2.24, 2.45) is 10.8 Å². The van der Waals surface area contributed by atoms with E-state index in [0.717, 1.165) is 31.9 Å². The molecule has 0 unspecified atom stereocenters. The van der Waals surface area contributed by atoms with Crippen molar-refractivity contribution in [1.82, 2.24) is 10.3 Å². The van der Waals surface area contributed by atoms with Crippen molar-refractivity contribution in [3.05, 3.63) is 0 Å². The van der Waals surface area contributed by atoms with Gasteiger partial charge in [-0.2, -0.15) is 0 Å². The van der Waals surface area contributed by atoms with Gasteiger partial charge in [-0.05, 0) is 12.8 Å². The maximum Gasteiger partial charge on any atom is 0.208 e. The number of nitrogens with two attached hydrogens (primary N) is 1. The number of rotatable bonds is 4. The minimum atomic E-state index is 0.370. The maximum atomic E-state index is 5.46. The highest BCUT2D eigenvalue weighted by molar-refractivity contribution is 5.79. The van der Waals surface area contributed by atoms with Crippen molar-refractivity contribution in [2.45, 2.75) is 18.9 Å². The summed E-state index contributed by atoms with van der Waals surface area (Å²) >= 11 is 0. The fourth-order valence-electron chi connectivity index (χ4n) is 1.78. The van der Waals surface area contributed by atoms with E-state index in [2.05, 4.69) is 15.3 Å². The molecular formula is C10H22N4O2. The molecule has 1 fully saturated rings. The first kappa shape index (κ1) is 13.2. The van der Waals surface area contributed by atoms with Crippen molar-refractivity contribution in [3.8, 4) is 0 Å². The van der Waals surface area contributed by atoms with Crippen molar-refractivity contribution >= 4 is 5.96 Å². The van der Waals surface area contributed by atoms with Gasteiger partial charge in [0.25, 0.3) is 0 Å². The van der Waals surface area contributed by atoms with Gasteiger partial charge >= 0.3 is 0 Å². The summed E-state index contributed by atoms with van der Waals surface area (Å²) in [7, 11) is 3.42. The molecule has 0 aromatic heterocycles. The van der Waals surface area contributed by atoms with Crippen LogP contribution in [-0.2, 0) is 9.47 Å². The lowest BCUT2D eigenvalue weighted by atomic mass is 10.1. The zero-order valence-electron chi connectivity index (χ0n) is 10.1. The molecule has 0 amide bonds. The van der Waals surface area contributed by atoms with E-state index in [9.17, 15) is 0 Å². The summed E-state index contributed by atoms with van der Waals surface area (Å²) in [4.78, 5) is 6.49. The second-order valence-corrected chi connectivity index (χ2v) is 3.76. The minimum absolute atomic E-state index is 0.370. The Morgan fingerprint density at radius 3 is 2.62 bits per heavy atom. The molecular weight excluding hydrogens is 208 g/mol. The molecule has 3 N–H and O–H groups in total. The number of likely N-dealkylation sites (tertiary alicyclic amines) is 1. The van der Waals surface area contributed by atoms with Crippen molar-refractivity contribution in [2.75, 3.05) is 40.5 Å². The molecule has 0 aromatic rings. The average Bonchev–Trinajstić information content (AvgIpc) is 2.35. The number of aliphatic imine (C=N–C) groups is 1. The number of nitrogens with one attached hydrogen (secondary N) is 1. The molecule has 1 heterocycles. The molecule has 1 aliphatic rings. The summed E-state index contributed by atoms with van der Waals surface area (Å²) in [6, 6.07) is 0. The lowest BCUT2D eigenvalue weighted by Gasteiger charge is -2.32. The molecule has 0 radical (unpaired) electrons. The lowest BCUT2D eigenvalue weighted by Crippen LogP contribution is -2.49. The molecule has 94 valence electrons. The van der Waals surface area contributed by atoms with Crippen LogP contribution in [0, 0.1) is 0 Å². The molecule has 0 atom stereocenters. The highest BCUT2D eigenvalue weighted by Crippen LogP contribution is 2.12. The molecule has 0 aliphatic carbocycles. The van der Waals surface area contributed by atoms with Gasteiger partial charge in [0.15, 0.2) is 0 Å². The Bertz CT molecular complexity index is 215. The SMILES string of the molecule is COCCN=C(NN)N1CCC(OC)CC1. The van der Waals surface area contributed by atoms with Crippen LogP contribution in [0.5, 0.6) is 0 Å². The molecule has 0 bridgehead atoms. The van der Waals surface area contributed by atoms with Gasteiger partial charge in [0.05, 0.1) is 19.3 Å². The van der Waals surface area contributed by atoms with Crippen LogP contribution < -0.4 is 11.3 Å². The van der Waals surface area contributed by atoms with Gasteiger partial charge in [0, 0.05) is 27.3 Å². The summed E-state index contributed by atoms with van der Waals surface area (Å²) in [6.45, 7) is 3.09. The van der Waals surface area contributed by atoms with Gasteiger partial charge in [-0.15, -0.1) is 0 Å². The van der Waals surface area contributed by atoms with E-state index < -0.39 is 0 Å². The second kappa shape index (κ2) is 7.43. The van der Waals surface area contributed by atoms with Gasteiger partial charge in [-0.25, -0.2) is 10.8 Å². The number of hydrazine groups is 1. The van der Waals surface area contributed by atoms with Crippen LogP contribution in [-0.4, -0.2) is 57.4 Å². The first-order chi connectivity index (χ1) is 7.81. The fourth-order valence-corrected chi connectivity index (χ4v) is 1.78. The van der Waals surface area contributed by atoms with Crippen LogP contribution in [0.1, 0.15) is 12.8 Å². The fraction of sp³-hybridized carbons (Fsp3) is 0.900. The van der Waals surface area contributed by atoms with E-state index >= 15 is 0 Å². The predicted molar refractivity (Wildman–Crippen MR) is 63.1 cm³/mol. The van der Waals surface area contributed by atoms with E-state index in [-0.39, 0.29) is 0 Å². The smallest absolute Gasteiger partial charge is 0.208 e. The molecule has 6 heteroatoms. The number of hydrogen-bond donors (Lipinski definition) is 2. The third-order valence-corrected chi connectivity index (χ3v) is 2.76. The summed E-state index contributed by atoms with van der Waals surface area (Å²) in [5.74, 6) is 6.20. The zero-order chi connectivity index (χ0) is 11.8. The summed E-state index contributed by atoms with van der Waals surface area (Å²) in [5, 5.41) is 0. The van der Waals surface area contributed by atoms with Crippen LogP contribution in [0.4, 0.5) is 0 Å². The lowest BCUT2D eigenvalue weighted by molar-refractivity contribution is 0.0570. The van der Waals surface area contributed by atoms with Gasteiger partial charge in [0.1, 0.15) is 0 Å². The molecule has 0 aromatic carbocycles. The first-order valence-corrected chi connectivity index (χ1v) is 5.59. The largest absolute Gasteiger partial charge is 0.383 e. The normalized spacial score (nSPS) is 18.9. The van der Waals surface area contributed by atoms with Crippen molar-refractivity contribution in [1.29, 1.82) is 0 Å². The highest BCUT2D eigenvalue weighted by Gasteiger charge is 2.20. The zero-order valence-corrected chi connectivity index (χ0v) is 10.1. The Balaban J connectivity index is 2.39. The monoisotopic (exact) mass is 230 g/mol. The number of nitrogens with zero attached hydrogens (tertiary/aromatic N) is 2. The number of piperidine rings is 1. The average molecular weight is 230 g/mol. The van der Waals surface area contributed by atoms with E-state index in [1.54, 1.807) is 14.2 Å². The van der Waals surface area contributed by atoms with E-state index in [1.807, 2.05) is 0 Å². The van der Waals surface area contributed by atoms with Gasteiger partial charge in [0.2, 0.25) is 5.96 Å². The van der Waals surface area contributed by atoms with E-state index in [1.165, 1.54) is 0 Å².